The molecule has 2 N–H and O–H groups in total. The van der Waals surface area contributed by atoms with Crippen molar-refractivity contribution in [2.75, 3.05) is 33.7 Å². The van der Waals surface area contributed by atoms with Crippen LogP contribution in [0.25, 0.3) is 0 Å². The number of benzene rings is 1. The molecule has 1 fully saturated rings. The van der Waals surface area contributed by atoms with Crippen LogP contribution in [-0.2, 0) is 11.2 Å². The van der Waals surface area contributed by atoms with Crippen molar-refractivity contribution in [1.29, 1.82) is 0 Å². The van der Waals surface area contributed by atoms with Crippen molar-refractivity contribution in [1.82, 2.24) is 15.5 Å². The molecule has 2 rings (SSSR count). The summed E-state index contributed by atoms with van der Waals surface area (Å²) in [7, 11) is 3.50. The topological polar surface area (TPSA) is 61.4 Å². The van der Waals surface area contributed by atoms with E-state index in [0.29, 0.717) is 24.4 Å². The van der Waals surface area contributed by atoms with Gasteiger partial charge in [-0.3, -0.25) is 9.59 Å². The molecule has 0 unspecified atom stereocenters. The Labute approximate surface area is 157 Å². The van der Waals surface area contributed by atoms with Crippen molar-refractivity contribution >= 4 is 24.2 Å². The van der Waals surface area contributed by atoms with E-state index in [4.69, 9.17) is 0 Å². The predicted molar refractivity (Wildman–Crippen MR) is 103 cm³/mol. The number of amides is 2. The minimum Gasteiger partial charge on any atom is -0.356 e. The molecule has 1 aromatic rings. The fourth-order valence-corrected chi connectivity index (χ4v) is 3.06. The molecule has 2 amide bonds. The second-order valence-electron chi connectivity index (χ2n) is 6.73. The van der Waals surface area contributed by atoms with Gasteiger partial charge in [-0.15, -0.1) is 12.4 Å². The van der Waals surface area contributed by atoms with Gasteiger partial charge in [-0.1, -0.05) is 12.1 Å². The SMILES string of the molecule is CN(C)C(=O)c1cccc(CCNC(=O)CCC2CCNCC2)c1.Cl. The van der Waals surface area contributed by atoms with Crippen LogP contribution in [0.4, 0.5) is 0 Å². The number of halogens is 1. The van der Waals surface area contributed by atoms with Gasteiger partial charge in [0.15, 0.2) is 0 Å². The van der Waals surface area contributed by atoms with Gasteiger partial charge in [0, 0.05) is 32.6 Å². The second kappa shape index (κ2) is 11.1. The molecule has 5 nitrogen and oxygen atoms in total. The molecular formula is C19H30ClN3O2. The van der Waals surface area contributed by atoms with Gasteiger partial charge in [0.1, 0.15) is 0 Å². The molecule has 0 atom stereocenters. The van der Waals surface area contributed by atoms with Crippen LogP contribution in [0.3, 0.4) is 0 Å². The standard InChI is InChI=1S/C19H29N3O2.ClH/c1-22(2)19(24)17-5-3-4-16(14-17)10-13-21-18(23)7-6-15-8-11-20-12-9-15;/h3-5,14-15,20H,6-13H2,1-2H3,(H,21,23);1H. The van der Waals surface area contributed by atoms with Crippen LogP contribution in [0.2, 0.25) is 0 Å². The van der Waals surface area contributed by atoms with Crippen molar-refractivity contribution in [3.8, 4) is 0 Å². The zero-order valence-electron chi connectivity index (χ0n) is 15.2. The highest BCUT2D eigenvalue weighted by Crippen LogP contribution is 2.17. The van der Waals surface area contributed by atoms with Gasteiger partial charge in [-0.05, 0) is 62.4 Å². The summed E-state index contributed by atoms with van der Waals surface area (Å²) >= 11 is 0. The van der Waals surface area contributed by atoms with Crippen molar-refractivity contribution in [2.45, 2.75) is 32.1 Å². The number of nitrogens with one attached hydrogen (secondary N) is 2. The number of hydrogen-bond donors (Lipinski definition) is 2. The van der Waals surface area contributed by atoms with E-state index in [1.165, 1.54) is 12.8 Å². The first-order valence-corrected chi connectivity index (χ1v) is 8.84. The largest absolute Gasteiger partial charge is 0.356 e. The maximum atomic E-state index is 12.0. The van der Waals surface area contributed by atoms with Gasteiger partial charge >= 0.3 is 0 Å². The van der Waals surface area contributed by atoms with Gasteiger partial charge in [-0.2, -0.15) is 0 Å². The lowest BCUT2D eigenvalue weighted by molar-refractivity contribution is -0.121. The molecule has 0 saturated carbocycles. The lowest BCUT2D eigenvalue weighted by Gasteiger charge is -2.22. The lowest BCUT2D eigenvalue weighted by atomic mass is 9.93. The summed E-state index contributed by atoms with van der Waals surface area (Å²) < 4.78 is 0. The summed E-state index contributed by atoms with van der Waals surface area (Å²) in [5.74, 6) is 0.822. The summed E-state index contributed by atoms with van der Waals surface area (Å²) in [6.07, 6.45) is 4.71. The molecule has 0 spiro atoms. The number of carbonyl (C=O) groups excluding carboxylic acids is 2. The number of carbonyl (C=O) groups is 2. The van der Waals surface area contributed by atoms with Gasteiger partial charge in [-0.25, -0.2) is 0 Å². The quantitative estimate of drug-likeness (QED) is 0.777. The smallest absolute Gasteiger partial charge is 0.253 e. The van der Waals surface area contributed by atoms with E-state index in [9.17, 15) is 9.59 Å². The highest BCUT2D eigenvalue weighted by atomic mass is 35.5. The molecule has 1 heterocycles. The molecule has 1 aliphatic heterocycles. The third-order valence-corrected chi connectivity index (χ3v) is 4.55. The molecular weight excluding hydrogens is 338 g/mol. The van der Waals surface area contributed by atoms with E-state index in [-0.39, 0.29) is 24.2 Å². The number of hydrogen-bond acceptors (Lipinski definition) is 3. The Bertz CT molecular complexity index is 557. The van der Waals surface area contributed by atoms with Crippen molar-refractivity contribution in [3.63, 3.8) is 0 Å². The minimum atomic E-state index is 0. The lowest BCUT2D eigenvalue weighted by Crippen LogP contribution is -2.30. The monoisotopic (exact) mass is 367 g/mol. The van der Waals surface area contributed by atoms with E-state index in [0.717, 1.165) is 31.5 Å². The maximum Gasteiger partial charge on any atom is 0.253 e. The minimum absolute atomic E-state index is 0. The van der Waals surface area contributed by atoms with E-state index in [1.54, 1.807) is 19.0 Å². The Kier molecular flexibility index (Phi) is 9.53. The molecule has 6 heteroatoms. The summed E-state index contributed by atoms with van der Waals surface area (Å²) in [4.78, 5) is 25.5. The van der Waals surface area contributed by atoms with Gasteiger partial charge < -0.3 is 15.5 Å². The molecule has 1 saturated heterocycles. The number of nitrogens with zero attached hydrogens (tertiary/aromatic N) is 1. The zero-order valence-corrected chi connectivity index (χ0v) is 16.0. The van der Waals surface area contributed by atoms with Crippen LogP contribution >= 0.6 is 12.4 Å². The average molecular weight is 368 g/mol. The first-order valence-electron chi connectivity index (χ1n) is 8.84. The van der Waals surface area contributed by atoms with E-state index in [1.807, 2.05) is 24.3 Å². The molecule has 0 aliphatic carbocycles. The van der Waals surface area contributed by atoms with Crippen LogP contribution in [-0.4, -0.2) is 50.4 Å². The Morgan fingerprint density at radius 1 is 1.24 bits per heavy atom. The van der Waals surface area contributed by atoms with Gasteiger partial charge in [0.05, 0.1) is 0 Å². The molecule has 140 valence electrons. The van der Waals surface area contributed by atoms with E-state index >= 15 is 0 Å². The summed E-state index contributed by atoms with van der Waals surface area (Å²) in [5.41, 5.74) is 1.76. The Morgan fingerprint density at radius 2 is 1.96 bits per heavy atom. The molecule has 0 radical (unpaired) electrons. The van der Waals surface area contributed by atoms with Gasteiger partial charge in [0.2, 0.25) is 5.91 Å². The third kappa shape index (κ3) is 7.45. The Morgan fingerprint density at radius 3 is 2.64 bits per heavy atom. The van der Waals surface area contributed by atoms with Crippen molar-refractivity contribution in [3.05, 3.63) is 35.4 Å². The average Bonchev–Trinajstić information content (AvgIpc) is 2.60. The van der Waals surface area contributed by atoms with Crippen molar-refractivity contribution < 1.29 is 9.59 Å². The van der Waals surface area contributed by atoms with Crippen LogP contribution in [0.5, 0.6) is 0 Å². The van der Waals surface area contributed by atoms with Crippen molar-refractivity contribution in [2.24, 2.45) is 5.92 Å². The summed E-state index contributed by atoms with van der Waals surface area (Å²) in [5, 5.41) is 6.34. The second-order valence-corrected chi connectivity index (χ2v) is 6.73. The van der Waals surface area contributed by atoms with E-state index in [2.05, 4.69) is 10.6 Å². The highest BCUT2D eigenvalue weighted by molar-refractivity contribution is 5.94. The molecule has 1 aromatic carbocycles. The first kappa shape index (κ1) is 21.5. The normalized spacial score (nSPS) is 14.5. The fourth-order valence-electron chi connectivity index (χ4n) is 3.06. The van der Waals surface area contributed by atoms with Crippen LogP contribution < -0.4 is 10.6 Å². The fraction of sp³-hybridized carbons (Fsp3) is 0.579. The molecule has 0 bridgehead atoms. The first-order chi connectivity index (χ1) is 11.6. The van der Waals surface area contributed by atoms with Crippen LogP contribution in [0, 0.1) is 5.92 Å². The van der Waals surface area contributed by atoms with Crippen LogP contribution in [0.1, 0.15) is 41.6 Å². The Hall–Kier alpha value is -1.59. The molecule has 0 aromatic heterocycles. The highest BCUT2D eigenvalue weighted by Gasteiger charge is 2.14. The van der Waals surface area contributed by atoms with Crippen LogP contribution in [0.15, 0.2) is 24.3 Å². The summed E-state index contributed by atoms with van der Waals surface area (Å²) in [6, 6.07) is 7.62. The maximum absolute atomic E-state index is 12.0. The number of piperidine rings is 1. The zero-order chi connectivity index (χ0) is 17.4. The molecule has 25 heavy (non-hydrogen) atoms. The molecule has 1 aliphatic rings. The van der Waals surface area contributed by atoms with Gasteiger partial charge in [0.25, 0.3) is 5.91 Å². The predicted octanol–water partition coefficient (Wildman–Crippen LogP) is 2.25. The third-order valence-electron chi connectivity index (χ3n) is 4.55. The Balaban J connectivity index is 0.00000312. The van der Waals surface area contributed by atoms with E-state index < -0.39 is 0 Å². The summed E-state index contributed by atoms with van der Waals surface area (Å²) in [6.45, 7) is 2.77. The number of rotatable bonds is 7.